The van der Waals surface area contributed by atoms with Crippen LogP contribution in [0.25, 0.3) is 0 Å². The molecule has 1 aromatic carbocycles. The molecule has 1 heterocycles. The van der Waals surface area contributed by atoms with Crippen molar-refractivity contribution < 1.29 is 9.90 Å². The fourth-order valence-corrected chi connectivity index (χ4v) is 3.75. The Morgan fingerprint density at radius 1 is 1.46 bits per heavy atom. The zero-order valence-electron chi connectivity index (χ0n) is 14.1. The van der Waals surface area contributed by atoms with E-state index in [0.29, 0.717) is 29.7 Å². The topological polar surface area (TPSA) is 69.8 Å². The third kappa shape index (κ3) is 3.62. The summed E-state index contributed by atoms with van der Waals surface area (Å²) >= 11 is 6.22. The smallest absolute Gasteiger partial charge is 0.251 e. The van der Waals surface area contributed by atoms with Gasteiger partial charge >= 0.3 is 0 Å². The van der Waals surface area contributed by atoms with E-state index in [-0.39, 0.29) is 11.9 Å². The van der Waals surface area contributed by atoms with Crippen LogP contribution in [0.2, 0.25) is 5.02 Å². The van der Waals surface area contributed by atoms with Crippen LogP contribution in [0.15, 0.2) is 18.2 Å². The van der Waals surface area contributed by atoms with Gasteiger partial charge in [-0.1, -0.05) is 18.0 Å². The number of likely N-dealkylation sites (tertiary alicyclic amines) is 1. The second-order valence-corrected chi connectivity index (χ2v) is 7.47. The van der Waals surface area contributed by atoms with Crippen LogP contribution in [0.1, 0.15) is 32.6 Å². The molecule has 2 fully saturated rings. The van der Waals surface area contributed by atoms with E-state index in [4.69, 9.17) is 17.3 Å². The lowest BCUT2D eigenvalue weighted by molar-refractivity contribution is -0.138. The standard InChI is InChI=1S/C18H26ClN3O2/c1-12(23)18(24)21-8-7-15(11-21)22(10-13-3-2-4-13)14-5-6-17(20)16(19)9-14/h5-6,9,12-13,15,23H,2-4,7-8,10-11,20H2,1H3. The summed E-state index contributed by atoms with van der Waals surface area (Å²) in [5.41, 5.74) is 7.50. The van der Waals surface area contributed by atoms with Crippen LogP contribution in [-0.4, -0.2) is 47.7 Å². The van der Waals surface area contributed by atoms with Gasteiger partial charge in [-0.05, 0) is 50.3 Å². The molecular weight excluding hydrogens is 326 g/mol. The first kappa shape index (κ1) is 17.4. The van der Waals surface area contributed by atoms with Crippen molar-refractivity contribution in [2.45, 2.75) is 44.8 Å². The first-order chi connectivity index (χ1) is 11.5. The molecule has 6 heteroatoms. The summed E-state index contributed by atoms with van der Waals surface area (Å²) in [4.78, 5) is 16.2. The van der Waals surface area contributed by atoms with Gasteiger partial charge in [-0.15, -0.1) is 0 Å². The summed E-state index contributed by atoms with van der Waals surface area (Å²) in [6, 6.07) is 6.04. The molecular formula is C18H26ClN3O2. The van der Waals surface area contributed by atoms with Crippen molar-refractivity contribution in [3.05, 3.63) is 23.2 Å². The lowest BCUT2D eigenvalue weighted by Crippen LogP contribution is -2.44. The third-order valence-corrected chi connectivity index (χ3v) is 5.60. The lowest BCUT2D eigenvalue weighted by atomic mass is 9.84. The second-order valence-electron chi connectivity index (χ2n) is 7.06. The van der Waals surface area contributed by atoms with Crippen molar-refractivity contribution in [3.63, 3.8) is 0 Å². The van der Waals surface area contributed by atoms with Crippen LogP contribution < -0.4 is 10.6 Å². The van der Waals surface area contributed by atoms with Gasteiger partial charge in [0.05, 0.1) is 10.7 Å². The number of nitrogens with two attached hydrogens (primary N) is 1. The SMILES string of the molecule is CC(O)C(=O)N1CCC(N(CC2CCC2)c2ccc(N)c(Cl)c2)C1. The first-order valence-corrected chi connectivity index (χ1v) is 9.12. The fourth-order valence-electron chi connectivity index (χ4n) is 3.57. The number of carbonyl (C=O) groups is 1. The maximum atomic E-state index is 12.1. The van der Waals surface area contributed by atoms with Crippen LogP contribution in [0.3, 0.4) is 0 Å². The molecule has 0 bridgehead atoms. The molecule has 1 aliphatic heterocycles. The molecule has 1 aliphatic carbocycles. The van der Waals surface area contributed by atoms with E-state index >= 15 is 0 Å². The average Bonchev–Trinajstić information content (AvgIpc) is 2.98. The number of anilines is 2. The highest BCUT2D eigenvalue weighted by molar-refractivity contribution is 6.33. The van der Waals surface area contributed by atoms with Gasteiger partial charge in [0.15, 0.2) is 0 Å². The molecule has 3 N–H and O–H groups in total. The number of amides is 1. The molecule has 1 saturated carbocycles. The van der Waals surface area contributed by atoms with Gasteiger partial charge in [0.1, 0.15) is 6.10 Å². The minimum Gasteiger partial charge on any atom is -0.398 e. The van der Waals surface area contributed by atoms with Gasteiger partial charge in [-0.2, -0.15) is 0 Å². The largest absolute Gasteiger partial charge is 0.398 e. The number of aliphatic hydroxyl groups is 1. The fraction of sp³-hybridized carbons (Fsp3) is 0.611. The van der Waals surface area contributed by atoms with E-state index in [0.717, 1.165) is 18.7 Å². The highest BCUT2D eigenvalue weighted by Gasteiger charge is 2.34. The molecule has 5 nitrogen and oxygen atoms in total. The van der Waals surface area contributed by atoms with E-state index in [1.165, 1.54) is 26.2 Å². The molecule has 0 spiro atoms. The number of hydrogen-bond acceptors (Lipinski definition) is 4. The Balaban J connectivity index is 1.77. The van der Waals surface area contributed by atoms with Gasteiger partial charge in [-0.25, -0.2) is 0 Å². The molecule has 3 rings (SSSR count). The highest BCUT2D eigenvalue weighted by atomic mass is 35.5. The number of halogens is 1. The van der Waals surface area contributed by atoms with Crippen molar-refractivity contribution in [1.29, 1.82) is 0 Å². The minimum atomic E-state index is -0.935. The molecule has 0 radical (unpaired) electrons. The number of hydrogen-bond donors (Lipinski definition) is 2. The highest BCUT2D eigenvalue weighted by Crippen LogP contribution is 2.34. The Kier molecular flexibility index (Phi) is 5.21. The van der Waals surface area contributed by atoms with Crippen LogP contribution in [0.5, 0.6) is 0 Å². The summed E-state index contributed by atoms with van der Waals surface area (Å²) < 4.78 is 0. The maximum Gasteiger partial charge on any atom is 0.251 e. The first-order valence-electron chi connectivity index (χ1n) is 8.74. The Morgan fingerprint density at radius 2 is 2.21 bits per heavy atom. The van der Waals surface area contributed by atoms with E-state index in [1.807, 2.05) is 18.2 Å². The number of aliphatic hydroxyl groups excluding tert-OH is 1. The van der Waals surface area contributed by atoms with Gasteiger partial charge in [0, 0.05) is 31.4 Å². The molecule has 0 aromatic heterocycles. The van der Waals surface area contributed by atoms with Crippen LogP contribution in [0.4, 0.5) is 11.4 Å². The number of benzene rings is 1. The molecule has 1 amide bonds. The number of carbonyl (C=O) groups excluding carboxylic acids is 1. The molecule has 2 aliphatic rings. The van der Waals surface area contributed by atoms with Gasteiger partial charge in [0.25, 0.3) is 5.91 Å². The molecule has 1 saturated heterocycles. The monoisotopic (exact) mass is 351 g/mol. The Bertz CT molecular complexity index is 604. The summed E-state index contributed by atoms with van der Waals surface area (Å²) in [6.07, 6.45) is 3.81. The second kappa shape index (κ2) is 7.19. The summed E-state index contributed by atoms with van der Waals surface area (Å²) in [5.74, 6) is 0.527. The number of rotatable bonds is 5. The van der Waals surface area contributed by atoms with Gasteiger partial charge < -0.3 is 20.6 Å². The average molecular weight is 352 g/mol. The van der Waals surface area contributed by atoms with Crippen LogP contribution >= 0.6 is 11.6 Å². The lowest BCUT2D eigenvalue weighted by Gasteiger charge is -2.37. The summed E-state index contributed by atoms with van der Waals surface area (Å²) in [6.45, 7) is 3.86. The van der Waals surface area contributed by atoms with E-state index in [1.54, 1.807) is 4.90 Å². The molecule has 132 valence electrons. The predicted molar refractivity (Wildman–Crippen MR) is 97.2 cm³/mol. The van der Waals surface area contributed by atoms with Crippen LogP contribution in [-0.2, 0) is 4.79 Å². The normalized spacial score (nSPS) is 22.3. The Morgan fingerprint density at radius 3 is 2.79 bits per heavy atom. The van der Waals surface area contributed by atoms with E-state index in [9.17, 15) is 9.90 Å². The number of nitrogens with zero attached hydrogens (tertiary/aromatic N) is 2. The van der Waals surface area contributed by atoms with Crippen molar-refractivity contribution in [1.82, 2.24) is 4.90 Å². The Hall–Kier alpha value is -1.46. The summed E-state index contributed by atoms with van der Waals surface area (Å²) in [7, 11) is 0. The zero-order valence-corrected chi connectivity index (χ0v) is 14.9. The van der Waals surface area contributed by atoms with Crippen LogP contribution in [0, 0.1) is 5.92 Å². The van der Waals surface area contributed by atoms with Gasteiger partial charge in [0.2, 0.25) is 0 Å². The maximum absolute atomic E-state index is 12.1. The molecule has 2 unspecified atom stereocenters. The molecule has 2 atom stereocenters. The zero-order chi connectivity index (χ0) is 17.3. The van der Waals surface area contributed by atoms with Crippen molar-refractivity contribution in [2.24, 2.45) is 5.92 Å². The predicted octanol–water partition coefficient (Wildman–Crippen LogP) is 2.51. The molecule has 1 aromatic rings. The number of nitrogen functional groups attached to an aromatic ring is 1. The molecule has 24 heavy (non-hydrogen) atoms. The quantitative estimate of drug-likeness (QED) is 0.800. The van der Waals surface area contributed by atoms with Crippen molar-refractivity contribution >= 4 is 28.9 Å². The Labute approximate surface area is 148 Å². The van der Waals surface area contributed by atoms with E-state index in [2.05, 4.69) is 4.90 Å². The van der Waals surface area contributed by atoms with Crippen molar-refractivity contribution in [3.8, 4) is 0 Å². The van der Waals surface area contributed by atoms with E-state index < -0.39 is 6.10 Å². The summed E-state index contributed by atoms with van der Waals surface area (Å²) in [5, 5.41) is 10.1. The minimum absolute atomic E-state index is 0.184. The van der Waals surface area contributed by atoms with Crippen molar-refractivity contribution in [2.75, 3.05) is 30.3 Å². The third-order valence-electron chi connectivity index (χ3n) is 5.27. The van der Waals surface area contributed by atoms with Gasteiger partial charge in [-0.3, -0.25) is 4.79 Å².